The predicted octanol–water partition coefficient (Wildman–Crippen LogP) is 3.51. The van der Waals surface area contributed by atoms with Crippen molar-refractivity contribution in [2.45, 2.75) is 25.9 Å². The van der Waals surface area contributed by atoms with Crippen LogP contribution in [0.1, 0.15) is 28.4 Å². The first-order valence-electron chi connectivity index (χ1n) is 9.84. The van der Waals surface area contributed by atoms with Crippen LogP contribution in [0.25, 0.3) is 0 Å². The minimum absolute atomic E-state index is 0.00519. The second-order valence-corrected chi connectivity index (χ2v) is 7.43. The zero-order valence-electron chi connectivity index (χ0n) is 17.3. The van der Waals surface area contributed by atoms with Gasteiger partial charge in [0.2, 0.25) is 0 Å². The smallest absolute Gasteiger partial charge is 0.264 e. The third-order valence-electron chi connectivity index (χ3n) is 5.44. The Morgan fingerprint density at radius 1 is 1.03 bits per heavy atom. The molecule has 1 amide bonds. The number of aromatic nitrogens is 1. The summed E-state index contributed by atoms with van der Waals surface area (Å²) in [5, 5.41) is 0. The lowest BCUT2D eigenvalue weighted by Gasteiger charge is -2.22. The summed E-state index contributed by atoms with van der Waals surface area (Å²) in [4.78, 5) is 28.2. The van der Waals surface area contributed by atoms with E-state index >= 15 is 0 Å². The van der Waals surface area contributed by atoms with Gasteiger partial charge in [-0.2, -0.15) is 0 Å². The Morgan fingerprint density at radius 3 is 2.43 bits per heavy atom. The maximum Gasteiger partial charge on any atom is 0.264 e. The molecular formula is C24H24N2O4. The largest absolute Gasteiger partial charge is 0.497 e. The number of para-hydroxylation sites is 1. The summed E-state index contributed by atoms with van der Waals surface area (Å²) < 4.78 is 12.2. The topological polar surface area (TPSA) is 60.8 Å². The molecule has 6 nitrogen and oxygen atoms in total. The summed E-state index contributed by atoms with van der Waals surface area (Å²) in [5.41, 5.74) is 2.69. The molecule has 154 valence electrons. The number of amides is 1. The number of hydrogen-bond donors (Lipinski definition) is 0. The molecule has 0 spiro atoms. The van der Waals surface area contributed by atoms with E-state index in [1.54, 1.807) is 43.5 Å². The van der Waals surface area contributed by atoms with Crippen molar-refractivity contribution >= 4 is 11.6 Å². The lowest BCUT2D eigenvalue weighted by atomic mass is 10.1. The van der Waals surface area contributed by atoms with E-state index in [0.29, 0.717) is 18.0 Å². The minimum atomic E-state index is -0.319. The number of carbonyl (C=O) groups is 1. The van der Waals surface area contributed by atoms with Crippen molar-refractivity contribution in [1.29, 1.82) is 0 Å². The van der Waals surface area contributed by atoms with Gasteiger partial charge in [-0.05, 0) is 54.8 Å². The van der Waals surface area contributed by atoms with Gasteiger partial charge >= 0.3 is 0 Å². The van der Waals surface area contributed by atoms with Crippen LogP contribution in [-0.2, 0) is 13.0 Å². The van der Waals surface area contributed by atoms with Gasteiger partial charge < -0.3 is 18.9 Å². The van der Waals surface area contributed by atoms with Gasteiger partial charge in [0, 0.05) is 24.0 Å². The van der Waals surface area contributed by atoms with Crippen molar-refractivity contribution < 1.29 is 14.3 Å². The van der Waals surface area contributed by atoms with Gasteiger partial charge in [0.05, 0.1) is 20.8 Å². The summed E-state index contributed by atoms with van der Waals surface area (Å²) >= 11 is 0. The molecule has 0 radical (unpaired) electrons. The Kier molecular flexibility index (Phi) is 5.31. The summed E-state index contributed by atoms with van der Waals surface area (Å²) in [7, 11) is 3.16. The highest BCUT2D eigenvalue weighted by Crippen LogP contribution is 2.32. The molecule has 0 saturated heterocycles. The molecule has 6 heteroatoms. The molecule has 1 aliphatic rings. The van der Waals surface area contributed by atoms with Crippen molar-refractivity contribution in [1.82, 2.24) is 4.57 Å². The number of benzene rings is 2. The second-order valence-electron chi connectivity index (χ2n) is 7.43. The van der Waals surface area contributed by atoms with Gasteiger partial charge in [0.1, 0.15) is 17.1 Å². The molecule has 0 fully saturated rings. The lowest BCUT2D eigenvalue weighted by molar-refractivity contribution is 0.0979. The average molecular weight is 404 g/mol. The van der Waals surface area contributed by atoms with E-state index in [1.165, 1.54) is 4.57 Å². The van der Waals surface area contributed by atoms with Crippen LogP contribution in [0, 0.1) is 0 Å². The van der Waals surface area contributed by atoms with Crippen LogP contribution in [0.5, 0.6) is 11.5 Å². The van der Waals surface area contributed by atoms with E-state index in [4.69, 9.17) is 9.47 Å². The number of fused-ring (bicyclic) bond motifs is 1. The molecule has 2 aromatic carbocycles. The molecule has 1 aliphatic heterocycles. The number of hydrogen-bond acceptors (Lipinski definition) is 4. The van der Waals surface area contributed by atoms with E-state index in [9.17, 15) is 9.59 Å². The van der Waals surface area contributed by atoms with Gasteiger partial charge in [-0.1, -0.05) is 18.2 Å². The van der Waals surface area contributed by atoms with E-state index in [2.05, 4.69) is 0 Å². The first kappa shape index (κ1) is 19.8. The Balaban J connectivity index is 1.68. The zero-order valence-corrected chi connectivity index (χ0v) is 17.3. The third-order valence-corrected chi connectivity index (χ3v) is 5.44. The highest BCUT2D eigenvalue weighted by molar-refractivity contribution is 6.07. The van der Waals surface area contributed by atoms with Crippen LogP contribution in [0.2, 0.25) is 0 Å². The summed E-state index contributed by atoms with van der Waals surface area (Å²) in [6, 6.07) is 16.7. The van der Waals surface area contributed by atoms with Gasteiger partial charge in [0.15, 0.2) is 0 Å². The summed E-state index contributed by atoms with van der Waals surface area (Å²) in [6.07, 6.45) is 2.47. The number of nitrogens with zero attached hydrogens (tertiary/aromatic N) is 2. The standard InChI is InChI=1S/C24H24N2O4/c1-16-11-18-7-4-5-9-22(18)26(16)24(28)21-8-6-10-25(23(21)27)15-17-12-19(29-2)14-20(13-17)30-3/h4-10,12-14,16H,11,15H2,1-3H3/t16-/m1/s1. The highest BCUT2D eigenvalue weighted by atomic mass is 16.5. The fourth-order valence-electron chi connectivity index (χ4n) is 3.98. The molecule has 1 aromatic heterocycles. The van der Waals surface area contributed by atoms with Crippen molar-refractivity contribution in [3.63, 3.8) is 0 Å². The molecule has 1 atom stereocenters. The average Bonchev–Trinajstić information content (AvgIpc) is 3.10. The number of anilines is 1. The van der Waals surface area contributed by atoms with Gasteiger partial charge in [-0.25, -0.2) is 0 Å². The molecule has 0 unspecified atom stereocenters. The molecular weight excluding hydrogens is 380 g/mol. The number of carbonyl (C=O) groups excluding carboxylic acids is 1. The lowest BCUT2D eigenvalue weighted by Crippen LogP contribution is -2.39. The van der Waals surface area contributed by atoms with Crippen LogP contribution in [0.4, 0.5) is 5.69 Å². The maximum absolute atomic E-state index is 13.3. The number of methoxy groups -OCH3 is 2. The molecule has 4 rings (SSSR count). The van der Waals surface area contributed by atoms with Gasteiger partial charge in [0.25, 0.3) is 11.5 Å². The van der Waals surface area contributed by atoms with E-state index in [-0.39, 0.29) is 23.1 Å². The Bertz CT molecular complexity index is 1130. The number of pyridine rings is 1. The Labute approximate surface area is 175 Å². The normalized spacial score (nSPS) is 15.0. The quantitative estimate of drug-likeness (QED) is 0.653. The summed E-state index contributed by atoms with van der Waals surface area (Å²) in [6.45, 7) is 2.31. The third kappa shape index (κ3) is 3.56. The molecule has 0 saturated carbocycles. The number of ether oxygens (including phenoxy) is 2. The van der Waals surface area contributed by atoms with E-state index < -0.39 is 0 Å². The summed E-state index contributed by atoms with van der Waals surface area (Å²) in [5.74, 6) is 1.02. The van der Waals surface area contributed by atoms with E-state index in [1.807, 2.05) is 43.3 Å². The monoisotopic (exact) mass is 404 g/mol. The second kappa shape index (κ2) is 8.06. The minimum Gasteiger partial charge on any atom is -0.497 e. The molecule has 30 heavy (non-hydrogen) atoms. The molecule has 2 heterocycles. The zero-order chi connectivity index (χ0) is 21.3. The number of rotatable bonds is 5. The van der Waals surface area contributed by atoms with Crippen LogP contribution in [-0.4, -0.2) is 30.7 Å². The van der Waals surface area contributed by atoms with Crippen LogP contribution in [0.3, 0.4) is 0 Å². The van der Waals surface area contributed by atoms with Crippen LogP contribution in [0.15, 0.2) is 65.6 Å². The van der Waals surface area contributed by atoms with Crippen molar-refractivity contribution in [2.75, 3.05) is 19.1 Å². The van der Waals surface area contributed by atoms with E-state index in [0.717, 1.165) is 23.2 Å². The molecule has 0 aliphatic carbocycles. The highest BCUT2D eigenvalue weighted by Gasteiger charge is 2.32. The Morgan fingerprint density at radius 2 is 1.73 bits per heavy atom. The molecule has 0 bridgehead atoms. The van der Waals surface area contributed by atoms with Gasteiger partial charge in [-0.15, -0.1) is 0 Å². The fourth-order valence-corrected chi connectivity index (χ4v) is 3.98. The fraction of sp³-hybridized carbons (Fsp3) is 0.250. The van der Waals surface area contributed by atoms with Crippen molar-refractivity contribution in [3.05, 3.63) is 87.8 Å². The Hall–Kier alpha value is -3.54. The first-order chi connectivity index (χ1) is 14.5. The maximum atomic E-state index is 13.3. The first-order valence-corrected chi connectivity index (χ1v) is 9.84. The van der Waals surface area contributed by atoms with Crippen LogP contribution >= 0.6 is 0 Å². The van der Waals surface area contributed by atoms with Crippen LogP contribution < -0.4 is 19.9 Å². The SMILES string of the molecule is COc1cc(Cn2cccc(C(=O)N3c4ccccc4C[C@H]3C)c2=O)cc(OC)c1. The van der Waals surface area contributed by atoms with Crippen molar-refractivity contribution in [3.8, 4) is 11.5 Å². The van der Waals surface area contributed by atoms with Crippen molar-refractivity contribution in [2.24, 2.45) is 0 Å². The predicted molar refractivity (Wildman–Crippen MR) is 116 cm³/mol. The molecule has 3 aromatic rings. The molecule has 0 N–H and O–H groups in total. The van der Waals surface area contributed by atoms with Gasteiger partial charge in [-0.3, -0.25) is 9.59 Å².